The van der Waals surface area contributed by atoms with Gasteiger partial charge in [0.1, 0.15) is 0 Å². The largest absolute Gasteiger partial charge is 1.00 e. The van der Waals surface area contributed by atoms with Gasteiger partial charge in [0.25, 0.3) is 0 Å². The molecule has 0 aliphatic heterocycles. The summed E-state index contributed by atoms with van der Waals surface area (Å²) >= 11 is -1.82. The molecule has 0 N–H and O–H groups in total. The predicted molar refractivity (Wildman–Crippen MR) is 51.8 cm³/mol. The summed E-state index contributed by atoms with van der Waals surface area (Å²) in [6.07, 6.45) is 8.24. The van der Waals surface area contributed by atoms with Crippen molar-refractivity contribution in [1.82, 2.24) is 0 Å². The van der Waals surface area contributed by atoms with Gasteiger partial charge in [-0.25, -0.2) is 0 Å². The van der Waals surface area contributed by atoms with Crippen molar-refractivity contribution in [3.63, 3.8) is 0 Å². The molecule has 1 atom stereocenters. The molecule has 0 saturated heterocycles. The Labute approximate surface area is 106 Å². The molecule has 74 valence electrons. The Morgan fingerprint density at radius 1 is 1.00 bits per heavy atom. The Bertz CT molecular complexity index is 120. The molecule has 13 heavy (non-hydrogen) atoms. The maximum atomic E-state index is 10.1. The molecule has 0 aliphatic carbocycles. The second-order valence-electron chi connectivity index (χ2n) is 3.13. The molecule has 4 heteroatoms. The van der Waals surface area contributed by atoms with Crippen molar-refractivity contribution >= 4 is 11.1 Å². The van der Waals surface area contributed by atoms with Gasteiger partial charge >= 0.3 is 29.6 Å². The summed E-state index contributed by atoms with van der Waals surface area (Å²) in [6, 6.07) is 0. The topological polar surface area (TPSA) is 40.1 Å². The Morgan fingerprint density at radius 2 is 1.46 bits per heavy atom. The first-order valence-corrected chi connectivity index (χ1v) is 6.07. The molecular formula is C9H19NaO2S. The average molecular weight is 214 g/mol. The van der Waals surface area contributed by atoms with Gasteiger partial charge in [-0.3, -0.25) is 4.21 Å². The van der Waals surface area contributed by atoms with Crippen LogP contribution < -0.4 is 29.6 Å². The third kappa shape index (κ3) is 15.8. The van der Waals surface area contributed by atoms with Crippen molar-refractivity contribution in [1.29, 1.82) is 0 Å². The fourth-order valence-corrected chi connectivity index (χ4v) is 1.62. The zero-order valence-corrected chi connectivity index (χ0v) is 11.7. The molecular weight excluding hydrogens is 195 g/mol. The molecule has 0 aromatic heterocycles. The minimum absolute atomic E-state index is 0. The maximum absolute atomic E-state index is 10.1. The summed E-state index contributed by atoms with van der Waals surface area (Å²) in [7, 11) is 0. The minimum atomic E-state index is -1.82. The van der Waals surface area contributed by atoms with E-state index in [1.165, 1.54) is 32.1 Å². The molecule has 0 saturated carbocycles. The molecule has 0 radical (unpaired) electrons. The Hall–Kier alpha value is 1.11. The second kappa shape index (κ2) is 13.1. The molecule has 0 bridgehead atoms. The summed E-state index contributed by atoms with van der Waals surface area (Å²) < 4.78 is 20.3. The number of hydrogen-bond acceptors (Lipinski definition) is 2. The van der Waals surface area contributed by atoms with Gasteiger partial charge in [-0.2, -0.15) is 0 Å². The summed E-state index contributed by atoms with van der Waals surface area (Å²) in [5.74, 6) is 0.341. The first-order chi connectivity index (χ1) is 5.77. The van der Waals surface area contributed by atoms with Crippen molar-refractivity contribution in [3.8, 4) is 0 Å². The number of rotatable bonds is 8. The van der Waals surface area contributed by atoms with Gasteiger partial charge < -0.3 is 4.55 Å². The van der Waals surface area contributed by atoms with Crippen molar-refractivity contribution < 1.29 is 38.3 Å². The molecule has 0 rings (SSSR count). The van der Waals surface area contributed by atoms with Crippen molar-refractivity contribution in [2.75, 3.05) is 5.75 Å². The summed E-state index contributed by atoms with van der Waals surface area (Å²) in [5.41, 5.74) is 0. The van der Waals surface area contributed by atoms with Crippen LogP contribution in [0.2, 0.25) is 0 Å². The zero-order valence-electron chi connectivity index (χ0n) is 8.88. The average Bonchev–Trinajstić information content (AvgIpc) is 2.02. The third-order valence-electron chi connectivity index (χ3n) is 1.91. The molecule has 1 unspecified atom stereocenters. The van der Waals surface area contributed by atoms with Crippen LogP contribution in [0.1, 0.15) is 51.9 Å². The first-order valence-electron chi connectivity index (χ1n) is 4.83. The van der Waals surface area contributed by atoms with E-state index >= 15 is 0 Å². The van der Waals surface area contributed by atoms with E-state index in [1.807, 2.05) is 0 Å². The molecule has 2 nitrogen and oxygen atoms in total. The van der Waals surface area contributed by atoms with E-state index in [1.54, 1.807) is 0 Å². The number of hydrogen-bond donors (Lipinski definition) is 0. The van der Waals surface area contributed by atoms with Crippen LogP contribution in [0.3, 0.4) is 0 Å². The number of unbranched alkanes of at least 4 members (excludes halogenated alkanes) is 6. The van der Waals surface area contributed by atoms with Gasteiger partial charge in [0.15, 0.2) is 0 Å². The quantitative estimate of drug-likeness (QED) is 0.314. The summed E-state index contributed by atoms with van der Waals surface area (Å²) in [6.45, 7) is 2.20. The third-order valence-corrected chi connectivity index (χ3v) is 2.54. The van der Waals surface area contributed by atoms with Crippen LogP contribution in [0.25, 0.3) is 0 Å². The Kier molecular flexibility index (Phi) is 16.7. The smallest absolute Gasteiger partial charge is 0.772 e. The van der Waals surface area contributed by atoms with Crippen LogP contribution >= 0.6 is 0 Å². The van der Waals surface area contributed by atoms with Gasteiger partial charge in [0, 0.05) is 5.75 Å². The van der Waals surface area contributed by atoms with Crippen LogP contribution in [0, 0.1) is 0 Å². The van der Waals surface area contributed by atoms with E-state index in [-0.39, 0.29) is 29.6 Å². The van der Waals surface area contributed by atoms with E-state index in [2.05, 4.69) is 6.92 Å². The SMILES string of the molecule is CCCCCCCCCS(=O)[O-].[Na+]. The minimum Gasteiger partial charge on any atom is -0.772 e. The van der Waals surface area contributed by atoms with E-state index in [9.17, 15) is 8.76 Å². The zero-order chi connectivity index (χ0) is 9.23. The Balaban J connectivity index is 0. The van der Waals surface area contributed by atoms with Crippen LogP contribution in [-0.2, 0) is 11.1 Å². The van der Waals surface area contributed by atoms with Crippen molar-refractivity contribution in [2.24, 2.45) is 0 Å². The normalized spacial score (nSPS) is 12.2. The van der Waals surface area contributed by atoms with Crippen molar-refractivity contribution in [3.05, 3.63) is 0 Å². The summed E-state index contributed by atoms with van der Waals surface area (Å²) in [5, 5.41) is 0. The van der Waals surface area contributed by atoms with Gasteiger partial charge in [0.05, 0.1) is 0 Å². The van der Waals surface area contributed by atoms with Crippen LogP contribution in [0.4, 0.5) is 0 Å². The fraction of sp³-hybridized carbons (Fsp3) is 1.00. The Morgan fingerprint density at radius 3 is 1.92 bits per heavy atom. The van der Waals surface area contributed by atoms with Gasteiger partial charge in [-0.15, -0.1) is 0 Å². The van der Waals surface area contributed by atoms with E-state index in [4.69, 9.17) is 0 Å². The van der Waals surface area contributed by atoms with Crippen LogP contribution in [0.15, 0.2) is 0 Å². The first kappa shape index (κ1) is 16.5. The van der Waals surface area contributed by atoms with Gasteiger partial charge in [0.2, 0.25) is 0 Å². The van der Waals surface area contributed by atoms with E-state index in [0.717, 1.165) is 12.8 Å². The van der Waals surface area contributed by atoms with Gasteiger partial charge in [-0.05, 0) is 6.42 Å². The molecule has 0 fully saturated rings. The molecule has 0 aromatic carbocycles. The standard InChI is InChI=1S/C9H20O2S.Na/c1-2-3-4-5-6-7-8-9-12(10)11;/h2-9H2,1H3,(H,10,11);/q;+1/p-1. The monoisotopic (exact) mass is 214 g/mol. The van der Waals surface area contributed by atoms with E-state index in [0.29, 0.717) is 5.75 Å². The molecule has 0 amide bonds. The maximum Gasteiger partial charge on any atom is 1.00 e. The van der Waals surface area contributed by atoms with E-state index < -0.39 is 11.1 Å². The fourth-order valence-electron chi connectivity index (χ4n) is 1.18. The molecule has 0 aromatic rings. The molecule has 0 heterocycles. The summed E-state index contributed by atoms with van der Waals surface area (Å²) in [4.78, 5) is 0. The molecule has 0 spiro atoms. The van der Waals surface area contributed by atoms with Crippen LogP contribution in [0.5, 0.6) is 0 Å². The van der Waals surface area contributed by atoms with Crippen LogP contribution in [-0.4, -0.2) is 14.5 Å². The molecule has 0 aliphatic rings. The second-order valence-corrected chi connectivity index (χ2v) is 4.14. The predicted octanol–water partition coefficient (Wildman–Crippen LogP) is -0.380. The van der Waals surface area contributed by atoms with Crippen molar-refractivity contribution in [2.45, 2.75) is 51.9 Å². The van der Waals surface area contributed by atoms with Gasteiger partial charge in [-0.1, -0.05) is 56.5 Å².